The summed E-state index contributed by atoms with van der Waals surface area (Å²) in [6.45, 7) is 4.12. The number of halogens is 1. The van der Waals surface area contributed by atoms with Crippen molar-refractivity contribution in [3.8, 4) is 0 Å². The number of piperidine rings is 3. The van der Waals surface area contributed by atoms with Gasteiger partial charge in [-0.3, -0.25) is 14.9 Å². The van der Waals surface area contributed by atoms with Crippen LogP contribution < -0.4 is 16.0 Å². The maximum Gasteiger partial charge on any atom is 0.249 e. The summed E-state index contributed by atoms with van der Waals surface area (Å²) in [4.78, 5) is 25.5. The molecule has 4 rings (SSSR count). The molecule has 1 atom stereocenters. The molecular weight excluding hydrogens is 387 g/mol. The predicted octanol–water partition coefficient (Wildman–Crippen LogP) is 1.34. The SMILES string of the molecule is O=C1CCC(Nc2ccc(C3CCN(CC4(O)CCNCC4)CC3)c(F)c2)C(=O)N1. The Hall–Kier alpha value is -2.03. The molecule has 8 heteroatoms. The van der Waals surface area contributed by atoms with Gasteiger partial charge in [0.1, 0.15) is 11.9 Å². The lowest BCUT2D eigenvalue weighted by molar-refractivity contribution is -0.133. The summed E-state index contributed by atoms with van der Waals surface area (Å²) in [5.41, 5.74) is 0.660. The Balaban J connectivity index is 1.32. The zero-order chi connectivity index (χ0) is 21.1. The third-order valence-corrected chi connectivity index (χ3v) is 6.66. The van der Waals surface area contributed by atoms with Gasteiger partial charge in [-0.25, -0.2) is 4.39 Å². The number of nitrogens with one attached hydrogen (secondary N) is 3. The van der Waals surface area contributed by atoms with E-state index in [0.29, 0.717) is 24.2 Å². The zero-order valence-electron chi connectivity index (χ0n) is 17.3. The first kappa shape index (κ1) is 21.2. The van der Waals surface area contributed by atoms with E-state index in [1.807, 2.05) is 12.1 Å². The van der Waals surface area contributed by atoms with Crippen LogP contribution in [0.5, 0.6) is 0 Å². The van der Waals surface area contributed by atoms with Crippen molar-refractivity contribution in [1.29, 1.82) is 0 Å². The van der Waals surface area contributed by atoms with Gasteiger partial charge in [-0.05, 0) is 81.9 Å². The second-order valence-electron chi connectivity index (χ2n) is 8.91. The fourth-order valence-electron chi connectivity index (χ4n) is 4.85. The molecule has 30 heavy (non-hydrogen) atoms. The van der Waals surface area contributed by atoms with Crippen molar-refractivity contribution in [3.05, 3.63) is 29.6 Å². The number of amides is 2. The fraction of sp³-hybridized carbons (Fsp3) is 0.636. The lowest BCUT2D eigenvalue weighted by Crippen LogP contribution is -2.51. The Bertz CT molecular complexity index is 789. The van der Waals surface area contributed by atoms with E-state index in [4.69, 9.17) is 0 Å². The molecule has 0 saturated carbocycles. The van der Waals surface area contributed by atoms with Crippen molar-refractivity contribution in [2.75, 3.05) is 38.0 Å². The molecule has 3 saturated heterocycles. The third-order valence-electron chi connectivity index (χ3n) is 6.66. The van der Waals surface area contributed by atoms with Crippen molar-refractivity contribution in [1.82, 2.24) is 15.5 Å². The largest absolute Gasteiger partial charge is 0.388 e. The van der Waals surface area contributed by atoms with E-state index in [1.165, 1.54) is 6.07 Å². The molecule has 1 aromatic carbocycles. The van der Waals surface area contributed by atoms with E-state index >= 15 is 0 Å². The summed E-state index contributed by atoms with van der Waals surface area (Å²) in [5.74, 6) is -0.729. The van der Waals surface area contributed by atoms with Gasteiger partial charge in [0.2, 0.25) is 11.8 Å². The highest BCUT2D eigenvalue weighted by Gasteiger charge is 2.33. The van der Waals surface area contributed by atoms with Crippen LogP contribution in [0.2, 0.25) is 0 Å². The van der Waals surface area contributed by atoms with Gasteiger partial charge in [0.05, 0.1) is 5.60 Å². The number of nitrogens with zero attached hydrogens (tertiary/aromatic N) is 1. The second-order valence-corrected chi connectivity index (χ2v) is 8.91. The Morgan fingerprint density at radius 2 is 1.90 bits per heavy atom. The van der Waals surface area contributed by atoms with E-state index in [-0.39, 0.29) is 30.0 Å². The summed E-state index contributed by atoms with van der Waals surface area (Å²) in [6.07, 6.45) is 3.99. The van der Waals surface area contributed by atoms with Crippen molar-refractivity contribution >= 4 is 17.5 Å². The maximum atomic E-state index is 14.8. The molecule has 2 amide bonds. The first-order valence-electron chi connectivity index (χ1n) is 11.0. The highest BCUT2D eigenvalue weighted by molar-refractivity contribution is 6.01. The van der Waals surface area contributed by atoms with Crippen molar-refractivity contribution in [3.63, 3.8) is 0 Å². The Labute approximate surface area is 176 Å². The number of benzene rings is 1. The van der Waals surface area contributed by atoms with Crippen molar-refractivity contribution in [2.45, 2.75) is 56.1 Å². The number of hydrogen-bond acceptors (Lipinski definition) is 6. The maximum absolute atomic E-state index is 14.8. The van der Waals surface area contributed by atoms with E-state index in [0.717, 1.165) is 51.9 Å². The van der Waals surface area contributed by atoms with Gasteiger partial charge in [-0.15, -0.1) is 0 Å². The number of hydrogen-bond donors (Lipinski definition) is 4. The molecule has 3 fully saturated rings. The Morgan fingerprint density at radius 3 is 2.57 bits per heavy atom. The highest BCUT2D eigenvalue weighted by Crippen LogP contribution is 2.32. The van der Waals surface area contributed by atoms with Crippen LogP contribution in [0, 0.1) is 5.82 Å². The van der Waals surface area contributed by atoms with Gasteiger partial charge in [-0.2, -0.15) is 0 Å². The smallest absolute Gasteiger partial charge is 0.249 e. The number of rotatable bonds is 5. The summed E-state index contributed by atoms with van der Waals surface area (Å²) < 4.78 is 14.8. The van der Waals surface area contributed by atoms with Crippen molar-refractivity contribution < 1.29 is 19.1 Å². The zero-order valence-corrected chi connectivity index (χ0v) is 17.3. The van der Waals surface area contributed by atoms with Gasteiger partial charge in [-0.1, -0.05) is 6.07 Å². The summed E-state index contributed by atoms with van der Waals surface area (Å²) in [7, 11) is 0. The number of aliphatic hydroxyl groups is 1. The fourth-order valence-corrected chi connectivity index (χ4v) is 4.85. The number of imide groups is 1. The van der Waals surface area contributed by atoms with E-state index in [2.05, 4.69) is 20.9 Å². The molecule has 164 valence electrons. The topological polar surface area (TPSA) is 93.7 Å². The minimum absolute atomic E-state index is 0.161. The Kier molecular flexibility index (Phi) is 6.36. The van der Waals surface area contributed by atoms with Crippen LogP contribution in [0.4, 0.5) is 10.1 Å². The predicted molar refractivity (Wildman–Crippen MR) is 112 cm³/mol. The first-order valence-corrected chi connectivity index (χ1v) is 11.0. The summed E-state index contributed by atoms with van der Waals surface area (Å²) in [6, 6.07) is 4.55. The number of anilines is 1. The lowest BCUT2D eigenvalue weighted by Gasteiger charge is -2.40. The van der Waals surface area contributed by atoms with Crippen LogP contribution in [0.1, 0.15) is 50.0 Å². The minimum Gasteiger partial charge on any atom is -0.388 e. The minimum atomic E-state index is -0.604. The number of likely N-dealkylation sites (tertiary alicyclic amines) is 1. The standard InChI is InChI=1S/C22H31FN4O3/c23-18-13-16(25-19-3-4-20(28)26-21(19)29)1-2-17(18)15-5-11-27(12-6-15)14-22(30)7-9-24-10-8-22/h1-2,13,15,19,24-25,30H,3-12,14H2,(H,26,28,29). The molecule has 3 aliphatic heterocycles. The lowest BCUT2D eigenvalue weighted by atomic mass is 9.87. The number of carbonyl (C=O) groups is 2. The summed E-state index contributed by atoms with van der Waals surface area (Å²) >= 11 is 0. The van der Waals surface area contributed by atoms with Gasteiger partial charge < -0.3 is 20.6 Å². The molecule has 1 aromatic rings. The molecule has 3 heterocycles. The average molecular weight is 419 g/mol. The second kappa shape index (κ2) is 8.99. The van der Waals surface area contributed by atoms with Crippen LogP contribution in [0.25, 0.3) is 0 Å². The van der Waals surface area contributed by atoms with Crippen LogP contribution in [0.15, 0.2) is 18.2 Å². The van der Waals surface area contributed by atoms with Crippen LogP contribution in [0.3, 0.4) is 0 Å². The van der Waals surface area contributed by atoms with Crippen LogP contribution in [-0.2, 0) is 9.59 Å². The molecular formula is C22H31FN4O3. The van der Waals surface area contributed by atoms with Crippen LogP contribution >= 0.6 is 0 Å². The monoisotopic (exact) mass is 418 g/mol. The quantitative estimate of drug-likeness (QED) is 0.539. The molecule has 3 aliphatic rings. The van der Waals surface area contributed by atoms with Gasteiger partial charge in [0.25, 0.3) is 0 Å². The molecule has 4 N–H and O–H groups in total. The van der Waals surface area contributed by atoms with E-state index in [9.17, 15) is 19.1 Å². The van der Waals surface area contributed by atoms with E-state index in [1.54, 1.807) is 0 Å². The molecule has 0 radical (unpaired) electrons. The van der Waals surface area contributed by atoms with E-state index < -0.39 is 11.6 Å². The third kappa shape index (κ3) is 4.99. The Morgan fingerprint density at radius 1 is 1.17 bits per heavy atom. The molecule has 7 nitrogen and oxygen atoms in total. The van der Waals surface area contributed by atoms with Crippen LogP contribution in [-0.4, -0.2) is 66.2 Å². The molecule has 0 bridgehead atoms. The summed E-state index contributed by atoms with van der Waals surface area (Å²) in [5, 5.41) is 19.4. The number of β-amino-alcohol motifs (C(OH)–C–C–N with tert-alkyl or cyclic N) is 1. The van der Waals surface area contributed by atoms with Gasteiger partial charge >= 0.3 is 0 Å². The number of carbonyl (C=O) groups excluding carboxylic acids is 2. The molecule has 0 aliphatic carbocycles. The van der Waals surface area contributed by atoms with Crippen molar-refractivity contribution in [2.24, 2.45) is 0 Å². The molecule has 0 spiro atoms. The normalized spacial score (nSPS) is 25.7. The molecule has 1 unspecified atom stereocenters. The van der Waals surface area contributed by atoms with Gasteiger partial charge in [0, 0.05) is 18.7 Å². The highest BCUT2D eigenvalue weighted by atomic mass is 19.1. The molecule has 0 aromatic heterocycles. The van der Waals surface area contributed by atoms with Gasteiger partial charge in [0.15, 0.2) is 0 Å². The average Bonchev–Trinajstić information content (AvgIpc) is 2.71. The first-order chi connectivity index (χ1) is 14.4.